The van der Waals surface area contributed by atoms with Crippen LogP contribution in [0, 0.1) is 5.92 Å². The van der Waals surface area contributed by atoms with Gasteiger partial charge in [-0.15, -0.1) is 12.4 Å². The van der Waals surface area contributed by atoms with Crippen molar-refractivity contribution in [3.63, 3.8) is 0 Å². The minimum absolute atomic E-state index is 0. The predicted octanol–water partition coefficient (Wildman–Crippen LogP) is 3.27. The fraction of sp³-hybridized carbons (Fsp3) is 0.333. The molecule has 120 valence electrons. The van der Waals surface area contributed by atoms with Gasteiger partial charge in [0.1, 0.15) is 5.75 Å². The van der Waals surface area contributed by atoms with Gasteiger partial charge < -0.3 is 15.1 Å². The summed E-state index contributed by atoms with van der Waals surface area (Å²) >= 11 is 0. The van der Waals surface area contributed by atoms with Crippen molar-refractivity contribution in [3.05, 3.63) is 65.7 Å². The monoisotopic (exact) mass is 321 g/mol. The molecule has 0 saturated heterocycles. The van der Waals surface area contributed by atoms with Gasteiger partial charge in [0.2, 0.25) is 0 Å². The molecule has 0 fully saturated rings. The van der Waals surface area contributed by atoms with Gasteiger partial charge >= 0.3 is 0 Å². The molecule has 0 spiro atoms. The summed E-state index contributed by atoms with van der Waals surface area (Å²) in [6.07, 6.45) is 0.204. The zero-order valence-corrected chi connectivity index (χ0v) is 13.8. The molecule has 0 amide bonds. The Morgan fingerprint density at radius 1 is 1.00 bits per heavy atom. The summed E-state index contributed by atoms with van der Waals surface area (Å²) in [6, 6.07) is 17.1. The largest absolute Gasteiger partial charge is 0.508 e. The van der Waals surface area contributed by atoms with Crippen LogP contribution >= 0.6 is 12.4 Å². The lowest BCUT2D eigenvalue weighted by atomic mass is 9.89. The van der Waals surface area contributed by atoms with E-state index in [0.29, 0.717) is 0 Å². The van der Waals surface area contributed by atoms with E-state index >= 15 is 0 Å². The molecule has 0 aliphatic rings. The SMILES string of the molecule is CN(C)CC(Cc1ccccc1)C(O)c1cccc(O)c1.Cl. The first-order valence-electron chi connectivity index (χ1n) is 7.22. The van der Waals surface area contributed by atoms with Gasteiger partial charge in [0.25, 0.3) is 0 Å². The maximum atomic E-state index is 10.7. The summed E-state index contributed by atoms with van der Waals surface area (Å²) in [5, 5.41) is 20.3. The first-order chi connectivity index (χ1) is 10.1. The van der Waals surface area contributed by atoms with Crippen molar-refractivity contribution in [2.75, 3.05) is 20.6 Å². The zero-order chi connectivity index (χ0) is 15.2. The Hall–Kier alpha value is -1.55. The number of aliphatic hydroxyl groups excluding tert-OH is 1. The molecule has 0 radical (unpaired) electrons. The second-order valence-corrected chi connectivity index (χ2v) is 5.75. The van der Waals surface area contributed by atoms with Gasteiger partial charge in [-0.1, -0.05) is 42.5 Å². The normalized spacial score (nSPS) is 13.5. The number of aliphatic hydroxyl groups is 1. The van der Waals surface area contributed by atoms with Crippen LogP contribution in [-0.4, -0.2) is 35.8 Å². The zero-order valence-electron chi connectivity index (χ0n) is 13.0. The van der Waals surface area contributed by atoms with E-state index in [-0.39, 0.29) is 24.1 Å². The molecule has 2 unspecified atom stereocenters. The molecule has 2 aromatic rings. The molecule has 0 saturated carbocycles. The molecular weight excluding hydrogens is 298 g/mol. The minimum atomic E-state index is -0.597. The molecule has 4 heteroatoms. The third-order valence-electron chi connectivity index (χ3n) is 3.60. The quantitative estimate of drug-likeness (QED) is 0.858. The van der Waals surface area contributed by atoms with E-state index in [1.165, 1.54) is 5.56 Å². The highest BCUT2D eigenvalue weighted by Crippen LogP contribution is 2.27. The lowest BCUT2D eigenvalue weighted by Crippen LogP contribution is -2.28. The number of nitrogens with zero attached hydrogens (tertiary/aromatic N) is 1. The van der Waals surface area contributed by atoms with Gasteiger partial charge in [-0.05, 0) is 43.8 Å². The average Bonchev–Trinajstić information content (AvgIpc) is 2.46. The Bertz CT molecular complexity index is 560. The van der Waals surface area contributed by atoms with Crippen molar-refractivity contribution in [1.82, 2.24) is 4.90 Å². The predicted molar refractivity (Wildman–Crippen MR) is 92.5 cm³/mol. The van der Waals surface area contributed by atoms with Gasteiger partial charge in [-0.3, -0.25) is 0 Å². The highest BCUT2D eigenvalue weighted by atomic mass is 35.5. The first-order valence-corrected chi connectivity index (χ1v) is 7.22. The van der Waals surface area contributed by atoms with Gasteiger partial charge in [0.05, 0.1) is 6.10 Å². The molecule has 3 nitrogen and oxygen atoms in total. The number of aromatic hydroxyl groups is 1. The second kappa shape index (κ2) is 8.79. The van der Waals surface area contributed by atoms with Crippen LogP contribution < -0.4 is 0 Å². The van der Waals surface area contributed by atoms with E-state index in [0.717, 1.165) is 18.5 Å². The number of hydrogen-bond donors (Lipinski definition) is 2. The summed E-state index contributed by atoms with van der Waals surface area (Å²) < 4.78 is 0. The van der Waals surface area contributed by atoms with Crippen LogP contribution in [0.4, 0.5) is 0 Å². The molecule has 22 heavy (non-hydrogen) atoms. The van der Waals surface area contributed by atoms with Crippen LogP contribution in [0.15, 0.2) is 54.6 Å². The van der Waals surface area contributed by atoms with Crippen molar-refractivity contribution in [2.24, 2.45) is 5.92 Å². The van der Waals surface area contributed by atoms with E-state index in [1.807, 2.05) is 38.4 Å². The minimum Gasteiger partial charge on any atom is -0.508 e. The second-order valence-electron chi connectivity index (χ2n) is 5.75. The Balaban J connectivity index is 0.00000242. The van der Waals surface area contributed by atoms with Crippen molar-refractivity contribution >= 4 is 12.4 Å². The third kappa shape index (κ3) is 5.34. The summed E-state index contributed by atoms with van der Waals surface area (Å²) in [7, 11) is 4.01. The highest BCUT2D eigenvalue weighted by molar-refractivity contribution is 5.85. The van der Waals surface area contributed by atoms with Crippen molar-refractivity contribution < 1.29 is 10.2 Å². The smallest absolute Gasteiger partial charge is 0.115 e. The topological polar surface area (TPSA) is 43.7 Å². The number of benzene rings is 2. The first kappa shape index (κ1) is 18.5. The molecule has 2 N–H and O–H groups in total. The Labute approximate surface area is 138 Å². The summed E-state index contributed by atoms with van der Waals surface area (Å²) in [4.78, 5) is 2.08. The van der Waals surface area contributed by atoms with Crippen LogP contribution in [0.1, 0.15) is 17.2 Å². The molecule has 0 aliphatic carbocycles. The summed E-state index contributed by atoms with van der Waals surface area (Å²) in [5.74, 6) is 0.263. The fourth-order valence-corrected chi connectivity index (χ4v) is 2.64. The van der Waals surface area contributed by atoms with E-state index in [4.69, 9.17) is 0 Å². The molecule has 2 aromatic carbocycles. The van der Waals surface area contributed by atoms with E-state index in [9.17, 15) is 10.2 Å². The van der Waals surface area contributed by atoms with Gasteiger partial charge in [-0.2, -0.15) is 0 Å². The van der Waals surface area contributed by atoms with Gasteiger partial charge in [0, 0.05) is 12.5 Å². The van der Waals surface area contributed by atoms with Crippen molar-refractivity contribution in [1.29, 1.82) is 0 Å². The average molecular weight is 322 g/mol. The van der Waals surface area contributed by atoms with Gasteiger partial charge in [-0.25, -0.2) is 0 Å². The summed E-state index contributed by atoms with van der Waals surface area (Å²) in [5.41, 5.74) is 1.97. The number of halogens is 1. The van der Waals surface area contributed by atoms with E-state index < -0.39 is 6.10 Å². The number of phenolic OH excluding ortho intramolecular Hbond substituents is 1. The van der Waals surface area contributed by atoms with Crippen LogP contribution in [-0.2, 0) is 6.42 Å². The standard InChI is InChI=1S/C18H23NO2.ClH/c1-19(2)13-16(11-14-7-4-3-5-8-14)18(21)15-9-6-10-17(20)12-15;/h3-10,12,16,18,20-21H,11,13H2,1-2H3;1H. The number of rotatable bonds is 6. The molecule has 2 atom stereocenters. The summed E-state index contributed by atoms with van der Waals surface area (Å²) in [6.45, 7) is 0.783. The molecular formula is C18H24ClNO2. The molecule has 0 aromatic heterocycles. The van der Waals surface area contributed by atoms with E-state index in [2.05, 4.69) is 17.0 Å². The van der Waals surface area contributed by atoms with Crippen LogP contribution in [0.2, 0.25) is 0 Å². The third-order valence-corrected chi connectivity index (χ3v) is 3.60. The van der Waals surface area contributed by atoms with E-state index in [1.54, 1.807) is 18.2 Å². The maximum absolute atomic E-state index is 10.7. The highest BCUT2D eigenvalue weighted by Gasteiger charge is 2.22. The van der Waals surface area contributed by atoms with Crippen molar-refractivity contribution in [2.45, 2.75) is 12.5 Å². The maximum Gasteiger partial charge on any atom is 0.115 e. The molecule has 0 heterocycles. The Morgan fingerprint density at radius 3 is 2.27 bits per heavy atom. The fourth-order valence-electron chi connectivity index (χ4n) is 2.64. The molecule has 2 rings (SSSR count). The lowest BCUT2D eigenvalue weighted by Gasteiger charge is -2.26. The Kier molecular flexibility index (Phi) is 7.39. The van der Waals surface area contributed by atoms with Crippen LogP contribution in [0.3, 0.4) is 0 Å². The Morgan fingerprint density at radius 2 is 1.68 bits per heavy atom. The number of phenols is 1. The van der Waals surface area contributed by atoms with Crippen LogP contribution in [0.25, 0.3) is 0 Å². The number of hydrogen-bond acceptors (Lipinski definition) is 3. The lowest BCUT2D eigenvalue weighted by molar-refractivity contribution is 0.0900. The van der Waals surface area contributed by atoms with Crippen molar-refractivity contribution in [3.8, 4) is 5.75 Å². The van der Waals surface area contributed by atoms with Crippen LogP contribution in [0.5, 0.6) is 5.75 Å². The molecule has 0 bridgehead atoms. The van der Waals surface area contributed by atoms with Gasteiger partial charge in [0.15, 0.2) is 0 Å². The molecule has 0 aliphatic heterocycles.